The molecule has 1 atom stereocenters. The molecule has 0 aliphatic carbocycles. The molecule has 1 fully saturated rings. The molecule has 1 aromatic heterocycles. The van der Waals surface area contributed by atoms with Gasteiger partial charge in [0, 0.05) is 17.5 Å². The summed E-state index contributed by atoms with van der Waals surface area (Å²) in [6.45, 7) is 6.11. The highest BCUT2D eigenvalue weighted by atomic mass is 35.5. The Bertz CT molecular complexity index is 408. The number of halogens is 2. The number of hydrogen-bond acceptors (Lipinski definition) is 4. The molecule has 1 aliphatic rings. The number of carbonyl (C=O) groups excluding carboxylic acids is 1. The molecule has 4 nitrogen and oxygen atoms in total. The number of piperidine rings is 1. The average molecular weight is 340 g/mol. The standard InChI is InChI=1S/C13H21N3OS.2ClH/c1-9-8-15-13(18-9)10(2)16-12(17)7-11-3-5-14-6-4-11;;/h8,10-11,14H,3-7H2,1-2H3,(H,16,17);2*1H. The highest BCUT2D eigenvalue weighted by molar-refractivity contribution is 7.11. The van der Waals surface area contributed by atoms with E-state index in [0.29, 0.717) is 12.3 Å². The lowest BCUT2D eigenvalue weighted by molar-refractivity contribution is -0.122. The quantitative estimate of drug-likeness (QED) is 0.886. The highest BCUT2D eigenvalue weighted by Gasteiger charge is 2.19. The van der Waals surface area contributed by atoms with E-state index in [1.807, 2.05) is 20.0 Å². The molecule has 0 saturated carbocycles. The Kier molecular flexibility index (Phi) is 9.38. The molecule has 1 amide bonds. The topological polar surface area (TPSA) is 54.0 Å². The van der Waals surface area contributed by atoms with E-state index in [0.717, 1.165) is 30.9 Å². The molecule has 7 heteroatoms. The van der Waals surface area contributed by atoms with Gasteiger partial charge in [0.05, 0.1) is 6.04 Å². The Morgan fingerprint density at radius 3 is 2.70 bits per heavy atom. The zero-order valence-corrected chi connectivity index (χ0v) is 14.3. The Hall–Kier alpha value is -0.360. The molecule has 116 valence electrons. The van der Waals surface area contributed by atoms with Crippen molar-refractivity contribution in [2.24, 2.45) is 5.92 Å². The number of thiazole rings is 1. The summed E-state index contributed by atoms with van der Waals surface area (Å²) in [4.78, 5) is 17.4. The van der Waals surface area contributed by atoms with Gasteiger partial charge in [-0.3, -0.25) is 4.79 Å². The van der Waals surface area contributed by atoms with E-state index in [-0.39, 0.29) is 36.8 Å². The summed E-state index contributed by atoms with van der Waals surface area (Å²) in [7, 11) is 0. The van der Waals surface area contributed by atoms with Crippen molar-refractivity contribution in [1.82, 2.24) is 15.6 Å². The van der Waals surface area contributed by atoms with Crippen LogP contribution in [0, 0.1) is 12.8 Å². The average Bonchev–Trinajstić information content (AvgIpc) is 2.77. The van der Waals surface area contributed by atoms with Crippen LogP contribution in [-0.2, 0) is 4.79 Å². The molecular formula is C13H23Cl2N3OS. The van der Waals surface area contributed by atoms with E-state index in [4.69, 9.17) is 0 Å². The second-order valence-electron chi connectivity index (χ2n) is 5.00. The normalized spacial score (nSPS) is 16.7. The zero-order valence-electron chi connectivity index (χ0n) is 11.8. The minimum atomic E-state index is 0. The summed E-state index contributed by atoms with van der Waals surface area (Å²) in [6, 6.07) is 0.0258. The SMILES string of the molecule is Cc1cnc(C(C)NC(=O)CC2CCNCC2)s1.Cl.Cl. The molecule has 2 N–H and O–H groups in total. The predicted octanol–water partition coefficient (Wildman–Crippen LogP) is 2.86. The lowest BCUT2D eigenvalue weighted by Crippen LogP contribution is -2.33. The van der Waals surface area contributed by atoms with Crippen LogP contribution in [0.2, 0.25) is 0 Å². The van der Waals surface area contributed by atoms with Crippen molar-refractivity contribution < 1.29 is 4.79 Å². The third kappa shape index (κ3) is 5.95. The van der Waals surface area contributed by atoms with Gasteiger partial charge in [-0.15, -0.1) is 36.2 Å². The zero-order chi connectivity index (χ0) is 13.0. The fraction of sp³-hybridized carbons (Fsp3) is 0.692. The first-order valence-electron chi connectivity index (χ1n) is 6.57. The maximum absolute atomic E-state index is 11.9. The van der Waals surface area contributed by atoms with E-state index in [9.17, 15) is 4.79 Å². The van der Waals surface area contributed by atoms with Gasteiger partial charge < -0.3 is 10.6 Å². The molecule has 0 radical (unpaired) electrons. The first kappa shape index (κ1) is 19.6. The van der Waals surface area contributed by atoms with Gasteiger partial charge in [0.25, 0.3) is 0 Å². The maximum Gasteiger partial charge on any atom is 0.220 e. The van der Waals surface area contributed by atoms with Crippen molar-refractivity contribution in [2.45, 2.75) is 39.2 Å². The van der Waals surface area contributed by atoms with E-state index < -0.39 is 0 Å². The van der Waals surface area contributed by atoms with Gasteiger partial charge >= 0.3 is 0 Å². The number of amides is 1. The largest absolute Gasteiger partial charge is 0.347 e. The van der Waals surface area contributed by atoms with Gasteiger partial charge in [0.2, 0.25) is 5.91 Å². The summed E-state index contributed by atoms with van der Waals surface area (Å²) in [5, 5.41) is 7.35. The van der Waals surface area contributed by atoms with Crippen LogP contribution in [0.15, 0.2) is 6.20 Å². The Balaban J connectivity index is 0.00000180. The lowest BCUT2D eigenvalue weighted by atomic mass is 9.94. The van der Waals surface area contributed by atoms with Crippen molar-refractivity contribution in [3.05, 3.63) is 16.1 Å². The molecule has 0 bridgehead atoms. The number of carbonyl (C=O) groups is 1. The molecule has 1 unspecified atom stereocenters. The summed E-state index contributed by atoms with van der Waals surface area (Å²) < 4.78 is 0. The van der Waals surface area contributed by atoms with E-state index in [1.54, 1.807) is 11.3 Å². The smallest absolute Gasteiger partial charge is 0.220 e. The number of aromatic nitrogens is 1. The maximum atomic E-state index is 11.9. The summed E-state index contributed by atoms with van der Waals surface area (Å²) >= 11 is 1.65. The number of hydrogen-bond donors (Lipinski definition) is 2. The van der Waals surface area contributed by atoms with Crippen LogP contribution < -0.4 is 10.6 Å². The van der Waals surface area contributed by atoms with Crippen LogP contribution in [0.5, 0.6) is 0 Å². The fourth-order valence-electron chi connectivity index (χ4n) is 2.28. The fourth-order valence-corrected chi connectivity index (χ4v) is 3.06. The summed E-state index contributed by atoms with van der Waals surface area (Å²) in [5.74, 6) is 0.693. The monoisotopic (exact) mass is 339 g/mol. The summed E-state index contributed by atoms with van der Waals surface area (Å²) in [5.41, 5.74) is 0. The predicted molar refractivity (Wildman–Crippen MR) is 88.1 cm³/mol. The second kappa shape index (κ2) is 9.55. The minimum Gasteiger partial charge on any atom is -0.347 e. The van der Waals surface area contributed by atoms with Crippen LogP contribution in [0.4, 0.5) is 0 Å². The van der Waals surface area contributed by atoms with Crippen molar-refractivity contribution in [3.8, 4) is 0 Å². The molecule has 2 rings (SSSR count). The van der Waals surface area contributed by atoms with E-state index in [2.05, 4.69) is 15.6 Å². The third-order valence-electron chi connectivity index (χ3n) is 3.32. The summed E-state index contributed by atoms with van der Waals surface area (Å²) in [6.07, 6.45) is 4.72. The van der Waals surface area contributed by atoms with Gasteiger partial charge in [0.15, 0.2) is 0 Å². The van der Waals surface area contributed by atoms with Crippen molar-refractivity contribution in [3.63, 3.8) is 0 Å². The molecule has 1 saturated heterocycles. The Morgan fingerprint density at radius 1 is 1.50 bits per heavy atom. The van der Waals surface area contributed by atoms with Gasteiger partial charge in [-0.25, -0.2) is 4.98 Å². The van der Waals surface area contributed by atoms with Crippen LogP contribution in [0.3, 0.4) is 0 Å². The van der Waals surface area contributed by atoms with Crippen molar-refractivity contribution in [2.75, 3.05) is 13.1 Å². The molecular weight excluding hydrogens is 317 g/mol. The van der Waals surface area contributed by atoms with Crippen LogP contribution in [0.1, 0.15) is 42.1 Å². The lowest BCUT2D eigenvalue weighted by Gasteiger charge is -2.22. The highest BCUT2D eigenvalue weighted by Crippen LogP contribution is 2.20. The van der Waals surface area contributed by atoms with Gasteiger partial charge in [0.1, 0.15) is 5.01 Å². The third-order valence-corrected chi connectivity index (χ3v) is 4.42. The Labute approximate surface area is 137 Å². The number of rotatable bonds is 4. The second-order valence-corrected chi connectivity index (χ2v) is 6.26. The first-order valence-corrected chi connectivity index (χ1v) is 7.39. The van der Waals surface area contributed by atoms with E-state index >= 15 is 0 Å². The molecule has 20 heavy (non-hydrogen) atoms. The number of nitrogens with one attached hydrogen (secondary N) is 2. The van der Waals surface area contributed by atoms with Gasteiger partial charge in [-0.05, 0) is 45.7 Å². The van der Waals surface area contributed by atoms with E-state index in [1.165, 1.54) is 4.88 Å². The van der Waals surface area contributed by atoms with Crippen LogP contribution >= 0.6 is 36.2 Å². The van der Waals surface area contributed by atoms with Crippen molar-refractivity contribution in [1.29, 1.82) is 0 Å². The molecule has 0 aromatic carbocycles. The molecule has 1 aromatic rings. The van der Waals surface area contributed by atoms with Gasteiger partial charge in [-0.1, -0.05) is 0 Å². The van der Waals surface area contributed by atoms with Crippen LogP contribution in [0.25, 0.3) is 0 Å². The van der Waals surface area contributed by atoms with Gasteiger partial charge in [-0.2, -0.15) is 0 Å². The Morgan fingerprint density at radius 2 is 2.15 bits per heavy atom. The van der Waals surface area contributed by atoms with Crippen LogP contribution in [-0.4, -0.2) is 24.0 Å². The number of nitrogens with zero attached hydrogens (tertiary/aromatic N) is 1. The molecule has 2 heterocycles. The number of aryl methyl sites for hydroxylation is 1. The molecule has 0 spiro atoms. The first-order chi connectivity index (χ1) is 8.65. The molecule has 1 aliphatic heterocycles. The van der Waals surface area contributed by atoms with Crippen molar-refractivity contribution >= 4 is 42.1 Å². The minimum absolute atomic E-state index is 0.